The molecule has 0 bridgehead atoms. The molecule has 2 aromatic heterocycles. The molecule has 0 aliphatic rings. The van der Waals surface area contributed by atoms with Gasteiger partial charge in [0.15, 0.2) is 0 Å². The number of rotatable bonds is 7. The van der Waals surface area contributed by atoms with E-state index >= 15 is 0 Å². The number of aliphatic hydroxyl groups is 1. The van der Waals surface area contributed by atoms with Gasteiger partial charge in [0.2, 0.25) is 5.95 Å². The number of nitrogens with zero attached hydrogens (tertiary/aromatic N) is 3. The van der Waals surface area contributed by atoms with Crippen molar-refractivity contribution in [3.8, 4) is 17.1 Å². The number of aliphatic hydroxyl groups excluding tert-OH is 1. The number of anilines is 3. The summed E-state index contributed by atoms with van der Waals surface area (Å²) in [6, 6.07) is 14.2. The van der Waals surface area contributed by atoms with E-state index < -0.39 is 0 Å². The molecule has 0 fully saturated rings. The van der Waals surface area contributed by atoms with Gasteiger partial charge in [-0.3, -0.25) is 4.98 Å². The lowest BCUT2D eigenvalue weighted by atomic mass is 10.2. The molecule has 0 saturated heterocycles. The van der Waals surface area contributed by atoms with Crippen LogP contribution in [0.4, 0.5) is 17.5 Å². The molecule has 0 saturated carbocycles. The molecule has 0 amide bonds. The summed E-state index contributed by atoms with van der Waals surface area (Å²) in [5.74, 6) is 1.26. The van der Waals surface area contributed by atoms with E-state index in [1.54, 1.807) is 30.5 Å². The summed E-state index contributed by atoms with van der Waals surface area (Å²) in [5.41, 5.74) is 2.22. The van der Waals surface area contributed by atoms with Gasteiger partial charge in [0.25, 0.3) is 0 Å². The fourth-order valence-electron chi connectivity index (χ4n) is 2.21. The van der Waals surface area contributed by atoms with Gasteiger partial charge < -0.3 is 20.8 Å². The number of phenols is 1. The van der Waals surface area contributed by atoms with E-state index in [4.69, 9.17) is 5.11 Å². The number of hydrogen-bond donors (Lipinski definition) is 4. The van der Waals surface area contributed by atoms with Gasteiger partial charge in [0, 0.05) is 31.1 Å². The van der Waals surface area contributed by atoms with E-state index in [2.05, 4.69) is 25.6 Å². The summed E-state index contributed by atoms with van der Waals surface area (Å²) < 4.78 is 0. The minimum absolute atomic E-state index is 0.103. The predicted octanol–water partition coefficient (Wildman–Crippen LogP) is 2.78. The van der Waals surface area contributed by atoms with Crippen molar-refractivity contribution in [1.29, 1.82) is 0 Å². The summed E-state index contributed by atoms with van der Waals surface area (Å²) in [4.78, 5) is 13.3. The summed E-state index contributed by atoms with van der Waals surface area (Å²) >= 11 is 0. The van der Waals surface area contributed by atoms with Crippen molar-refractivity contribution in [2.45, 2.75) is 6.42 Å². The Labute approximate surface area is 145 Å². The quantitative estimate of drug-likeness (QED) is 0.388. The van der Waals surface area contributed by atoms with Crippen LogP contribution >= 0.6 is 0 Å². The van der Waals surface area contributed by atoms with Crippen LogP contribution in [0.5, 0.6) is 5.75 Å². The van der Waals surface area contributed by atoms with Gasteiger partial charge in [0.05, 0.1) is 11.4 Å². The molecule has 128 valence electrons. The van der Waals surface area contributed by atoms with Crippen LogP contribution in [0, 0.1) is 0 Å². The Morgan fingerprint density at radius 1 is 0.960 bits per heavy atom. The van der Waals surface area contributed by atoms with E-state index in [1.165, 1.54) is 0 Å². The van der Waals surface area contributed by atoms with Crippen molar-refractivity contribution < 1.29 is 10.2 Å². The molecular weight excluding hydrogens is 318 g/mol. The first-order valence-electron chi connectivity index (χ1n) is 7.96. The van der Waals surface area contributed by atoms with Crippen LogP contribution in [0.25, 0.3) is 11.4 Å². The molecule has 7 nitrogen and oxygen atoms in total. The Balaban J connectivity index is 1.89. The van der Waals surface area contributed by atoms with E-state index in [-0.39, 0.29) is 12.4 Å². The molecular formula is C18H19N5O2. The Kier molecular flexibility index (Phi) is 5.38. The van der Waals surface area contributed by atoms with Gasteiger partial charge in [-0.2, -0.15) is 4.98 Å². The van der Waals surface area contributed by atoms with E-state index in [0.29, 0.717) is 30.4 Å². The molecule has 0 radical (unpaired) electrons. The zero-order valence-corrected chi connectivity index (χ0v) is 13.6. The number of pyridine rings is 1. The first kappa shape index (κ1) is 16.7. The molecule has 25 heavy (non-hydrogen) atoms. The zero-order chi connectivity index (χ0) is 17.5. The topological polar surface area (TPSA) is 103 Å². The van der Waals surface area contributed by atoms with Crippen LogP contribution in [0.2, 0.25) is 0 Å². The average Bonchev–Trinajstić information content (AvgIpc) is 2.64. The van der Waals surface area contributed by atoms with Crippen LogP contribution in [0.1, 0.15) is 6.42 Å². The molecule has 3 aromatic rings. The standard InChI is InChI=1S/C18H19N5O2/c24-11-3-10-20-18-22-16(15-4-1-2-9-19-15)12-17(23-18)21-13-5-7-14(25)8-6-13/h1-2,4-9,12,24-25H,3,10-11H2,(H2,20,21,22,23). The lowest BCUT2D eigenvalue weighted by Gasteiger charge is -2.11. The monoisotopic (exact) mass is 337 g/mol. The van der Waals surface area contributed by atoms with Crippen molar-refractivity contribution in [1.82, 2.24) is 15.0 Å². The number of aromatic nitrogens is 3. The molecule has 2 heterocycles. The largest absolute Gasteiger partial charge is 0.508 e. The molecule has 0 atom stereocenters. The van der Waals surface area contributed by atoms with Crippen LogP contribution in [0.15, 0.2) is 54.7 Å². The Hall–Kier alpha value is -3.19. The van der Waals surface area contributed by atoms with E-state index in [1.807, 2.05) is 24.3 Å². The number of hydrogen-bond acceptors (Lipinski definition) is 7. The third-order valence-electron chi connectivity index (χ3n) is 3.41. The molecule has 1 aromatic carbocycles. The summed E-state index contributed by atoms with van der Waals surface area (Å²) in [7, 11) is 0. The van der Waals surface area contributed by atoms with Crippen LogP contribution in [-0.4, -0.2) is 38.3 Å². The third-order valence-corrected chi connectivity index (χ3v) is 3.41. The van der Waals surface area contributed by atoms with Crippen molar-refractivity contribution in [2.24, 2.45) is 0 Å². The highest BCUT2D eigenvalue weighted by atomic mass is 16.3. The highest BCUT2D eigenvalue weighted by molar-refractivity contribution is 5.65. The van der Waals surface area contributed by atoms with Gasteiger partial charge in [-0.15, -0.1) is 0 Å². The minimum atomic E-state index is 0.103. The number of nitrogens with one attached hydrogen (secondary N) is 2. The third kappa shape index (κ3) is 4.65. The molecule has 4 N–H and O–H groups in total. The number of phenolic OH excluding ortho intramolecular Hbond substituents is 1. The van der Waals surface area contributed by atoms with Gasteiger partial charge in [-0.25, -0.2) is 4.98 Å². The number of benzene rings is 1. The first-order valence-corrected chi connectivity index (χ1v) is 7.96. The van der Waals surface area contributed by atoms with Gasteiger partial charge in [-0.1, -0.05) is 6.07 Å². The van der Waals surface area contributed by atoms with Crippen molar-refractivity contribution >= 4 is 17.5 Å². The lowest BCUT2D eigenvalue weighted by Crippen LogP contribution is -2.09. The minimum Gasteiger partial charge on any atom is -0.508 e. The van der Waals surface area contributed by atoms with E-state index in [9.17, 15) is 5.11 Å². The predicted molar refractivity (Wildman–Crippen MR) is 96.8 cm³/mol. The normalized spacial score (nSPS) is 10.4. The maximum Gasteiger partial charge on any atom is 0.225 e. The fourth-order valence-corrected chi connectivity index (χ4v) is 2.21. The van der Waals surface area contributed by atoms with Gasteiger partial charge in [-0.05, 0) is 42.8 Å². The van der Waals surface area contributed by atoms with Crippen LogP contribution in [-0.2, 0) is 0 Å². The Morgan fingerprint density at radius 3 is 2.52 bits per heavy atom. The summed E-state index contributed by atoms with van der Waals surface area (Å²) in [6.45, 7) is 0.673. The van der Waals surface area contributed by atoms with Crippen LogP contribution < -0.4 is 10.6 Å². The first-order chi connectivity index (χ1) is 12.2. The molecule has 0 spiro atoms. The summed E-state index contributed by atoms with van der Waals surface area (Å²) in [5, 5.41) is 24.6. The van der Waals surface area contributed by atoms with Gasteiger partial charge >= 0.3 is 0 Å². The molecule has 0 unspecified atom stereocenters. The second kappa shape index (κ2) is 8.07. The molecule has 0 aliphatic carbocycles. The maximum atomic E-state index is 9.39. The fraction of sp³-hybridized carbons (Fsp3) is 0.167. The smallest absolute Gasteiger partial charge is 0.225 e. The highest BCUT2D eigenvalue weighted by Gasteiger charge is 2.08. The van der Waals surface area contributed by atoms with Gasteiger partial charge in [0.1, 0.15) is 11.6 Å². The van der Waals surface area contributed by atoms with Crippen molar-refractivity contribution in [2.75, 3.05) is 23.8 Å². The summed E-state index contributed by atoms with van der Waals surface area (Å²) in [6.07, 6.45) is 2.32. The van der Waals surface area contributed by atoms with Crippen molar-refractivity contribution in [3.63, 3.8) is 0 Å². The lowest BCUT2D eigenvalue weighted by molar-refractivity contribution is 0.292. The molecule has 7 heteroatoms. The number of aromatic hydroxyl groups is 1. The molecule has 3 rings (SSSR count). The molecule has 0 aliphatic heterocycles. The zero-order valence-electron chi connectivity index (χ0n) is 13.6. The Bertz CT molecular complexity index is 809. The average molecular weight is 337 g/mol. The van der Waals surface area contributed by atoms with E-state index in [0.717, 1.165) is 11.4 Å². The van der Waals surface area contributed by atoms with Crippen molar-refractivity contribution in [3.05, 3.63) is 54.7 Å². The highest BCUT2D eigenvalue weighted by Crippen LogP contribution is 2.23. The second-order valence-corrected chi connectivity index (χ2v) is 5.35. The SMILES string of the molecule is OCCCNc1nc(Nc2ccc(O)cc2)cc(-c2ccccn2)n1. The van der Waals surface area contributed by atoms with Crippen LogP contribution in [0.3, 0.4) is 0 Å². The second-order valence-electron chi connectivity index (χ2n) is 5.35. The maximum absolute atomic E-state index is 9.39. The Morgan fingerprint density at radius 2 is 1.80 bits per heavy atom.